The van der Waals surface area contributed by atoms with E-state index in [-0.39, 0.29) is 11.9 Å². The van der Waals surface area contributed by atoms with E-state index in [1.807, 2.05) is 6.92 Å². The number of carbonyl (C=O) groups is 1. The third-order valence-electron chi connectivity index (χ3n) is 3.26. The number of rotatable bonds is 9. The van der Waals surface area contributed by atoms with Gasteiger partial charge >= 0.3 is 0 Å². The molecule has 0 unspecified atom stereocenters. The maximum Gasteiger partial charge on any atom is 0.269 e. The van der Waals surface area contributed by atoms with Gasteiger partial charge in [-0.3, -0.25) is 15.6 Å². The Kier molecular flexibility index (Phi) is 9.64. The van der Waals surface area contributed by atoms with E-state index < -0.39 is 0 Å². The fourth-order valence-electron chi connectivity index (χ4n) is 1.99. The largest absolute Gasteiger partial charge is 0.493 e. The molecule has 1 aromatic carbocycles. The van der Waals surface area contributed by atoms with Gasteiger partial charge in [0.1, 0.15) is 0 Å². The maximum absolute atomic E-state index is 12.2. The van der Waals surface area contributed by atoms with Gasteiger partial charge < -0.3 is 19.5 Å². The summed E-state index contributed by atoms with van der Waals surface area (Å²) < 4.78 is 16.0. The number of hydrazine groups is 1. The molecular weight excluding hydrogens is 342 g/mol. The van der Waals surface area contributed by atoms with Gasteiger partial charge in [-0.1, -0.05) is 13.3 Å². The second-order valence-corrected chi connectivity index (χ2v) is 5.88. The highest BCUT2D eigenvalue weighted by molar-refractivity contribution is 7.80. The molecule has 0 aliphatic rings. The topological polar surface area (TPSA) is 80.9 Å². The second kappa shape index (κ2) is 11.5. The van der Waals surface area contributed by atoms with Gasteiger partial charge in [-0.05, 0) is 43.8 Å². The van der Waals surface area contributed by atoms with Crippen LogP contribution in [0, 0.1) is 0 Å². The zero-order valence-corrected chi connectivity index (χ0v) is 16.0. The van der Waals surface area contributed by atoms with E-state index >= 15 is 0 Å². The minimum atomic E-state index is -0.332. The Morgan fingerprint density at radius 1 is 1.24 bits per heavy atom. The summed E-state index contributed by atoms with van der Waals surface area (Å²) in [5, 5.41) is 3.29. The molecule has 3 N–H and O–H groups in total. The third-order valence-corrected chi connectivity index (χ3v) is 3.48. The number of thiocarbonyl (C=S) groups is 1. The molecular formula is C17H27N3O4S. The van der Waals surface area contributed by atoms with Crippen molar-refractivity contribution in [2.45, 2.75) is 32.7 Å². The van der Waals surface area contributed by atoms with Crippen molar-refractivity contribution in [2.24, 2.45) is 0 Å². The third kappa shape index (κ3) is 7.57. The van der Waals surface area contributed by atoms with Gasteiger partial charge in [0.2, 0.25) is 0 Å². The van der Waals surface area contributed by atoms with Crippen LogP contribution in [0.25, 0.3) is 0 Å². The van der Waals surface area contributed by atoms with Crippen LogP contribution >= 0.6 is 12.2 Å². The van der Waals surface area contributed by atoms with E-state index in [1.54, 1.807) is 25.3 Å². The molecule has 1 rings (SSSR count). The number of nitrogens with one attached hydrogen (secondary N) is 3. The second-order valence-electron chi connectivity index (χ2n) is 5.48. The standard InChI is InChI=1S/C17H27N3O4S/c1-5-6-9-24-14-8-7-13(10-15(14)23-4)16(21)19-20-17(25)18-12(2)11-22-3/h7-8,10,12H,5-6,9,11H2,1-4H3,(H,19,21)(H2,18,20,25)/t12-/m1/s1. The van der Waals surface area contributed by atoms with Gasteiger partial charge in [-0.25, -0.2) is 0 Å². The summed E-state index contributed by atoms with van der Waals surface area (Å²) in [4.78, 5) is 12.2. The van der Waals surface area contributed by atoms with Crippen LogP contribution < -0.4 is 25.6 Å². The first-order valence-electron chi connectivity index (χ1n) is 8.18. The molecule has 1 atom stereocenters. The van der Waals surface area contributed by atoms with Crippen molar-refractivity contribution in [1.82, 2.24) is 16.2 Å². The molecule has 140 valence electrons. The molecule has 0 heterocycles. The van der Waals surface area contributed by atoms with Crippen LogP contribution in [-0.4, -0.2) is 44.5 Å². The van der Waals surface area contributed by atoms with Crippen molar-refractivity contribution in [3.05, 3.63) is 23.8 Å². The number of amides is 1. The summed E-state index contributed by atoms with van der Waals surface area (Å²) in [7, 11) is 3.15. The summed E-state index contributed by atoms with van der Waals surface area (Å²) in [6.07, 6.45) is 2.01. The first-order valence-corrected chi connectivity index (χ1v) is 8.59. The Morgan fingerprint density at radius 2 is 2.00 bits per heavy atom. The maximum atomic E-state index is 12.2. The summed E-state index contributed by atoms with van der Waals surface area (Å²) in [5.74, 6) is 0.797. The highest BCUT2D eigenvalue weighted by Gasteiger charge is 2.12. The molecule has 25 heavy (non-hydrogen) atoms. The molecule has 0 saturated carbocycles. The zero-order valence-electron chi connectivity index (χ0n) is 15.2. The summed E-state index contributed by atoms with van der Waals surface area (Å²) in [5.41, 5.74) is 5.63. The van der Waals surface area contributed by atoms with E-state index in [4.69, 9.17) is 26.4 Å². The monoisotopic (exact) mass is 369 g/mol. The molecule has 0 saturated heterocycles. The van der Waals surface area contributed by atoms with Crippen molar-refractivity contribution in [2.75, 3.05) is 27.4 Å². The highest BCUT2D eigenvalue weighted by Crippen LogP contribution is 2.28. The molecule has 0 spiro atoms. The number of methoxy groups -OCH3 is 2. The molecule has 7 nitrogen and oxygen atoms in total. The molecule has 1 amide bonds. The van der Waals surface area contributed by atoms with Crippen molar-refractivity contribution in [1.29, 1.82) is 0 Å². The minimum absolute atomic E-state index is 0.0292. The van der Waals surface area contributed by atoms with Gasteiger partial charge in [-0.15, -0.1) is 0 Å². The Hall–Kier alpha value is -2.06. The lowest BCUT2D eigenvalue weighted by Gasteiger charge is -2.17. The van der Waals surface area contributed by atoms with E-state index in [0.29, 0.717) is 35.4 Å². The van der Waals surface area contributed by atoms with Crippen molar-refractivity contribution in [3.8, 4) is 11.5 Å². The van der Waals surface area contributed by atoms with Crippen LogP contribution in [0.3, 0.4) is 0 Å². The number of unbranched alkanes of at least 4 members (excludes halogenated alkanes) is 1. The molecule has 8 heteroatoms. The molecule has 0 bridgehead atoms. The molecule has 0 aromatic heterocycles. The van der Waals surface area contributed by atoms with Gasteiger partial charge in [-0.2, -0.15) is 0 Å². The number of hydrogen-bond donors (Lipinski definition) is 3. The Morgan fingerprint density at radius 3 is 2.64 bits per heavy atom. The average Bonchev–Trinajstić information content (AvgIpc) is 2.60. The Bertz CT molecular complexity index is 569. The molecule has 0 aliphatic heterocycles. The van der Waals surface area contributed by atoms with Crippen molar-refractivity contribution >= 4 is 23.2 Å². The number of hydrogen-bond acceptors (Lipinski definition) is 5. The van der Waals surface area contributed by atoms with Crippen molar-refractivity contribution in [3.63, 3.8) is 0 Å². The van der Waals surface area contributed by atoms with E-state index in [0.717, 1.165) is 12.8 Å². The van der Waals surface area contributed by atoms with Crippen LogP contribution in [0.2, 0.25) is 0 Å². The summed E-state index contributed by atoms with van der Waals surface area (Å²) >= 11 is 5.10. The Balaban J connectivity index is 2.58. The number of ether oxygens (including phenoxy) is 3. The lowest BCUT2D eigenvalue weighted by Crippen LogP contribution is -2.49. The lowest BCUT2D eigenvalue weighted by atomic mass is 10.2. The predicted molar refractivity (Wildman–Crippen MR) is 101 cm³/mol. The summed E-state index contributed by atoms with van der Waals surface area (Å²) in [6, 6.07) is 5.05. The zero-order chi connectivity index (χ0) is 18.7. The van der Waals surface area contributed by atoms with Gasteiger partial charge in [0.05, 0.1) is 20.3 Å². The molecule has 0 radical (unpaired) electrons. The Labute approximate surface area is 154 Å². The normalized spacial score (nSPS) is 11.4. The van der Waals surface area contributed by atoms with Gasteiger partial charge in [0.15, 0.2) is 16.6 Å². The molecule has 0 aliphatic carbocycles. The summed E-state index contributed by atoms with van der Waals surface area (Å²) in [6.45, 7) is 5.13. The first-order chi connectivity index (χ1) is 12.0. The number of carbonyl (C=O) groups excluding carboxylic acids is 1. The quantitative estimate of drug-likeness (QED) is 0.349. The highest BCUT2D eigenvalue weighted by atomic mass is 32.1. The number of benzene rings is 1. The molecule has 1 aromatic rings. The van der Waals surface area contributed by atoms with Crippen molar-refractivity contribution < 1.29 is 19.0 Å². The lowest BCUT2D eigenvalue weighted by molar-refractivity contribution is 0.0943. The fourth-order valence-corrected chi connectivity index (χ4v) is 2.24. The van der Waals surface area contributed by atoms with E-state index in [9.17, 15) is 4.79 Å². The van der Waals surface area contributed by atoms with E-state index in [1.165, 1.54) is 7.11 Å². The minimum Gasteiger partial charge on any atom is -0.493 e. The van der Waals surface area contributed by atoms with Gasteiger partial charge in [0, 0.05) is 18.7 Å². The van der Waals surface area contributed by atoms with Crippen LogP contribution in [0.1, 0.15) is 37.0 Å². The predicted octanol–water partition coefficient (Wildman–Crippen LogP) is 2.02. The van der Waals surface area contributed by atoms with E-state index in [2.05, 4.69) is 23.1 Å². The van der Waals surface area contributed by atoms with Gasteiger partial charge in [0.25, 0.3) is 5.91 Å². The van der Waals surface area contributed by atoms with Crippen LogP contribution in [-0.2, 0) is 4.74 Å². The smallest absolute Gasteiger partial charge is 0.269 e. The van der Waals surface area contributed by atoms with Crippen LogP contribution in [0.4, 0.5) is 0 Å². The average molecular weight is 369 g/mol. The first kappa shape index (κ1) is 21.0. The van der Waals surface area contributed by atoms with Crippen LogP contribution in [0.5, 0.6) is 11.5 Å². The van der Waals surface area contributed by atoms with Crippen LogP contribution in [0.15, 0.2) is 18.2 Å². The SMILES string of the molecule is CCCCOc1ccc(C(=O)NNC(=S)N[C@H](C)COC)cc1OC. The fraction of sp³-hybridized carbons (Fsp3) is 0.529. The molecule has 0 fully saturated rings.